The van der Waals surface area contributed by atoms with E-state index in [-0.39, 0.29) is 18.2 Å². The van der Waals surface area contributed by atoms with Crippen molar-refractivity contribution in [3.8, 4) is 5.75 Å². The quantitative estimate of drug-likeness (QED) is 0.843. The Kier molecular flexibility index (Phi) is 4.07. The first-order chi connectivity index (χ1) is 9.02. The van der Waals surface area contributed by atoms with Crippen molar-refractivity contribution >= 4 is 23.4 Å². The van der Waals surface area contributed by atoms with Crippen molar-refractivity contribution in [3.05, 3.63) is 28.8 Å². The lowest BCUT2D eigenvalue weighted by Crippen LogP contribution is -2.36. The Bertz CT molecular complexity index is 519. The molecule has 5 nitrogen and oxygen atoms in total. The summed E-state index contributed by atoms with van der Waals surface area (Å²) < 4.78 is 5.22. The van der Waals surface area contributed by atoms with Crippen molar-refractivity contribution in [2.75, 3.05) is 14.2 Å². The first-order valence-corrected chi connectivity index (χ1v) is 6.27. The lowest BCUT2D eigenvalue weighted by Gasteiger charge is -2.13. The van der Waals surface area contributed by atoms with Gasteiger partial charge >= 0.3 is 0 Å². The number of likely N-dealkylation sites (N-methyl/N-ethyl adjacent to an activating group) is 1. The van der Waals surface area contributed by atoms with E-state index < -0.39 is 6.04 Å². The fourth-order valence-electron chi connectivity index (χ4n) is 2.03. The van der Waals surface area contributed by atoms with Gasteiger partial charge in [-0.05, 0) is 18.2 Å². The van der Waals surface area contributed by atoms with Crippen LogP contribution in [0.3, 0.4) is 0 Å². The van der Waals surface area contributed by atoms with Gasteiger partial charge < -0.3 is 10.1 Å². The van der Waals surface area contributed by atoms with Crippen LogP contribution in [0.15, 0.2) is 18.2 Å². The highest BCUT2D eigenvalue weighted by Crippen LogP contribution is 2.23. The fourth-order valence-corrected chi connectivity index (χ4v) is 2.23. The van der Waals surface area contributed by atoms with Gasteiger partial charge in [0.25, 0.3) is 0 Å². The van der Waals surface area contributed by atoms with E-state index in [4.69, 9.17) is 16.3 Å². The van der Waals surface area contributed by atoms with E-state index in [1.165, 1.54) is 7.05 Å². The Morgan fingerprint density at radius 2 is 2.21 bits per heavy atom. The number of carbonyl (C=O) groups is 2. The van der Waals surface area contributed by atoms with Gasteiger partial charge in [0.2, 0.25) is 11.8 Å². The van der Waals surface area contributed by atoms with E-state index in [0.717, 1.165) is 10.5 Å². The van der Waals surface area contributed by atoms with E-state index in [2.05, 4.69) is 5.32 Å². The number of hydrogen-bond acceptors (Lipinski definition) is 4. The van der Waals surface area contributed by atoms with Crippen molar-refractivity contribution in [1.29, 1.82) is 0 Å². The van der Waals surface area contributed by atoms with Gasteiger partial charge in [0.15, 0.2) is 0 Å². The number of hydrogen-bond donors (Lipinski definition) is 1. The molecule has 2 rings (SSSR count). The zero-order valence-electron chi connectivity index (χ0n) is 10.8. The number of nitrogens with one attached hydrogen (secondary N) is 1. The summed E-state index contributed by atoms with van der Waals surface area (Å²) in [5.41, 5.74) is 0.852. The zero-order chi connectivity index (χ0) is 14.0. The summed E-state index contributed by atoms with van der Waals surface area (Å²) in [5, 5.41) is 3.66. The van der Waals surface area contributed by atoms with Crippen LogP contribution in [0.4, 0.5) is 0 Å². The topological polar surface area (TPSA) is 58.6 Å². The smallest absolute Gasteiger partial charge is 0.246 e. The molecule has 0 saturated carbocycles. The predicted molar refractivity (Wildman–Crippen MR) is 71.0 cm³/mol. The molecule has 1 aliphatic rings. The van der Waals surface area contributed by atoms with E-state index in [0.29, 0.717) is 17.3 Å². The van der Waals surface area contributed by atoms with Gasteiger partial charge in [0.05, 0.1) is 19.6 Å². The molecule has 1 unspecified atom stereocenters. The van der Waals surface area contributed by atoms with Crippen LogP contribution < -0.4 is 10.1 Å². The van der Waals surface area contributed by atoms with Crippen LogP contribution in [0.5, 0.6) is 5.75 Å². The van der Waals surface area contributed by atoms with Crippen LogP contribution in [0.25, 0.3) is 0 Å². The Morgan fingerprint density at radius 3 is 2.79 bits per heavy atom. The largest absolute Gasteiger partial charge is 0.496 e. The highest BCUT2D eigenvalue weighted by Gasteiger charge is 2.35. The zero-order valence-corrected chi connectivity index (χ0v) is 11.5. The summed E-state index contributed by atoms with van der Waals surface area (Å²) in [6, 6.07) is 4.81. The first-order valence-electron chi connectivity index (χ1n) is 5.89. The molecule has 102 valence electrons. The number of benzene rings is 1. The highest BCUT2D eigenvalue weighted by molar-refractivity contribution is 6.30. The molecule has 0 bridgehead atoms. The van der Waals surface area contributed by atoms with Crippen molar-refractivity contribution in [2.24, 2.45) is 0 Å². The Labute approximate surface area is 116 Å². The van der Waals surface area contributed by atoms with Gasteiger partial charge in [-0.1, -0.05) is 11.6 Å². The summed E-state index contributed by atoms with van der Waals surface area (Å²) in [6.07, 6.45) is 0.193. The molecule has 19 heavy (non-hydrogen) atoms. The van der Waals surface area contributed by atoms with E-state index in [1.54, 1.807) is 25.3 Å². The molecular weight excluding hydrogens is 268 g/mol. The number of amides is 2. The van der Waals surface area contributed by atoms with Gasteiger partial charge in [-0.25, -0.2) is 0 Å². The normalized spacial score (nSPS) is 19.1. The minimum Gasteiger partial charge on any atom is -0.496 e. The summed E-state index contributed by atoms with van der Waals surface area (Å²) in [5.74, 6) is 0.327. The second-order valence-electron chi connectivity index (χ2n) is 4.38. The number of nitrogens with zero attached hydrogens (tertiary/aromatic N) is 1. The molecule has 1 aromatic carbocycles. The maximum atomic E-state index is 11.7. The SMILES string of the molecule is COc1ccc(Cl)cc1CNC1CC(=O)N(C)C1=O. The molecule has 0 aliphatic carbocycles. The standard InChI is InChI=1S/C13H15ClN2O3/c1-16-12(17)6-10(13(16)18)15-7-8-5-9(14)3-4-11(8)19-2/h3-5,10,15H,6-7H2,1-2H3. The van der Waals surface area contributed by atoms with Crippen LogP contribution in [0.2, 0.25) is 5.02 Å². The number of imide groups is 1. The van der Waals surface area contributed by atoms with E-state index >= 15 is 0 Å². The van der Waals surface area contributed by atoms with Crippen LogP contribution in [0.1, 0.15) is 12.0 Å². The minimum atomic E-state index is -0.471. The molecule has 0 aromatic heterocycles. The Morgan fingerprint density at radius 1 is 1.47 bits per heavy atom. The average molecular weight is 283 g/mol. The second-order valence-corrected chi connectivity index (χ2v) is 4.82. The monoisotopic (exact) mass is 282 g/mol. The number of carbonyl (C=O) groups excluding carboxylic acids is 2. The molecule has 1 aromatic rings. The molecule has 1 atom stereocenters. The van der Waals surface area contributed by atoms with Gasteiger partial charge in [0.1, 0.15) is 5.75 Å². The fraction of sp³-hybridized carbons (Fsp3) is 0.385. The molecular formula is C13H15ClN2O3. The Hall–Kier alpha value is -1.59. The summed E-state index contributed by atoms with van der Waals surface area (Å²) in [6.45, 7) is 0.418. The van der Waals surface area contributed by atoms with Gasteiger partial charge in [-0.15, -0.1) is 0 Å². The third kappa shape index (κ3) is 2.88. The molecule has 1 N–H and O–H groups in total. The second kappa shape index (κ2) is 5.59. The van der Waals surface area contributed by atoms with Crippen molar-refractivity contribution < 1.29 is 14.3 Å². The molecule has 6 heteroatoms. The number of likely N-dealkylation sites (tertiary alicyclic amines) is 1. The van der Waals surface area contributed by atoms with Crippen LogP contribution in [0, 0.1) is 0 Å². The lowest BCUT2D eigenvalue weighted by atomic mass is 10.1. The van der Waals surface area contributed by atoms with Crippen molar-refractivity contribution in [2.45, 2.75) is 19.0 Å². The molecule has 1 heterocycles. The summed E-state index contributed by atoms with van der Waals surface area (Å²) >= 11 is 5.93. The maximum absolute atomic E-state index is 11.7. The van der Waals surface area contributed by atoms with Crippen molar-refractivity contribution in [1.82, 2.24) is 10.2 Å². The summed E-state index contributed by atoms with van der Waals surface area (Å²) in [4.78, 5) is 24.3. The maximum Gasteiger partial charge on any atom is 0.246 e. The summed E-state index contributed by atoms with van der Waals surface area (Å²) in [7, 11) is 3.07. The molecule has 1 saturated heterocycles. The number of rotatable bonds is 4. The number of ether oxygens (including phenoxy) is 1. The number of halogens is 1. The van der Waals surface area contributed by atoms with E-state index in [9.17, 15) is 9.59 Å². The molecule has 0 radical (unpaired) electrons. The molecule has 1 aliphatic heterocycles. The van der Waals surface area contributed by atoms with Crippen molar-refractivity contribution in [3.63, 3.8) is 0 Å². The van der Waals surface area contributed by atoms with Gasteiger partial charge in [-0.2, -0.15) is 0 Å². The molecule has 1 fully saturated rings. The predicted octanol–water partition coefficient (Wildman–Crippen LogP) is 1.20. The van der Waals surface area contributed by atoms with Crippen LogP contribution in [-0.4, -0.2) is 36.9 Å². The molecule has 0 spiro atoms. The van der Waals surface area contributed by atoms with Crippen LogP contribution >= 0.6 is 11.6 Å². The Balaban J connectivity index is 2.05. The average Bonchev–Trinajstić information content (AvgIpc) is 2.64. The molecule has 2 amide bonds. The van der Waals surface area contributed by atoms with Crippen LogP contribution in [-0.2, 0) is 16.1 Å². The highest BCUT2D eigenvalue weighted by atomic mass is 35.5. The third-order valence-electron chi connectivity index (χ3n) is 3.16. The van der Waals surface area contributed by atoms with Gasteiger partial charge in [0, 0.05) is 24.2 Å². The lowest BCUT2D eigenvalue weighted by molar-refractivity contribution is -0.137. The van der Waals surface area contributed by atoms with Gasteiger partial charge in [-0.3, -0.25) is 14.5 Å². The number of methoxy groups -OCH3 is 1. The minimum absolute atomic E-state index is 0.166. The third-order valence-corrected chi connectivity index (χ3v) is 3.40. The first kappa shape index (κ1) is 13.8. The van der Waals surface area contributed by atoms with E-state index in [1.807, 2.05) is 0 Å².